The van der Waals surface area contributed by atoms with Crippen LogP contribution in [0.1, 0.15) is 32.8 Å². The standard InChI is InChI=1S/C15H23NOS/c1-4-15(2,3)11-16-14(17)13(18)10-12-8-6-5-7-9-12/h5-9,13,18H,4,10-11H2,1-3H3,(H,16,17). The first-order valence-corrected chi connectivity index (χ1v) is 6.96. The van der Waals surface area contributed by atoms with Crippen LogP contribution in [0.25, 0.3) is 0 Å². The van der Waals surface area contributed by atoms with Crippen LogP contribution in [0, 0.1) is 5.41 Å². The van der Waals surface area contributed by atoms with Crippen LogP contribution in [-0.4, -0.2) is 17.7 Å². The van der Waals surface area contributed by atoms with Crippen LogP contribution < -0.4 is 5.32 Å². The average Bonchev–Trinajstić information content (AvgIpc) is 2.37. The van der Waals surface area contributed by atoms with Gasteiger partial charge >= 0.3 is 0 Å². The molecule has 1 rings (SSSR count). The Morgan fingerprint density at radius 3 is 2.50 bits per heavy atom. The van der Waals surface area contributed by atoms with Gasteiger partial charge in [0.05, 0.1) is 5.25 Å². The molecule has 1 aromatic carbocycles. The van der Waals surface area contributed by atoms with Crippen molar-refractivity contribution >= 4 is 18.5 Å². The highest BCUT2D eigenvalue weighted by Crippen LogP contribution is 2.18. The van der Waals surface area contributed by atoms with Crippen molar-refractivity contribution in [3.63, 3.8) is 0 Å². The lowest BCUT2D eigenvalue weighted by Gasteiger charge is -2.23. The first-order valence-electron chi connectivity index (χ1n) is 6.44. The maximum absolute atomic E-state index is 11.9. The lowest BCUT2D eigenvalue weighted by Crippen LogP contribution is -2.38. The summed E-state index contributed by atoms with van der Waals surface area (Å²) in [7, 11) is 0. The summed E-state index contributed by atoms with van der Waals surface area (Å²) in [5.74, 6) is 0.0173. The lowest BCUT2D eigenvalue weighted by atomic mass is 9.90. The molecular formula is C15H23NOS. The number of benzene rings is 1. The maximum atomic E-state index is 11.9. The molecule has 1 unspecified atom stereocenters. The second-order valence-electron chi connectivity index (χ2n) is 5.44. The highest BCUT2D eigenvalue weighted by molar-refractivity contribution is 7.81. The largest absolute Gasteiger partial charge is 0.355 e. The average molecular weight is 265 g/mol. The minimum Gasteiger partial charge on any atom is -0.355 e. The van der Waals surface area contributed by atoms with Crippen molar-refractivity contribution < 1.29 is 4.79 Å². The quantitative estimate of drug-likeness (QED) is 0.760. The summed E-state index contributed by atoms with van der Waals surface area (Å²) in [6.07, 6.45) is 1.71. The molecule has 0 heterocycles. The molecule has 1 atom stereocenters. The fraction of sp³-hybridized carbons (Fsp3) is 0.533. The topological polar surface area (TPSA) is 29.1 Å². The molecular weight excluding hydrogens is 242 g/mol. The Labute approximate surface area is 116 Å². The number of hydrogen-bond donors (Lipinski definition) is 2. The number of hydrogen-bond acceptors (Lipinski definition) is 2. The smallest absolute Gasteiger partial charge is 0.233 e. The van der Waals surface area contributed by atoms with E-state index >= 15 is 0 Å². The number of nitrogens with one attached hydrogen (secondary N) is 1. The molecule has 0 aliphatic carbocycles. The molecule has 1 aromatic rings. The van der Waals surface area contributed by atoms with Gasteiger partial charge in [-0.05, 0) is 23.8 Å². The second-order valence-corrected chi connectivity index (χ2v) is 6.06. The third-order valence-corrected chi connectivity index (χ3v) is 3.69. The van der Waals surface area contributed by atoms with Gasteiger partial charge in [0.1, 0.15) is 0 Å². The Kier molecular flexibility index (Phi) is 5.73. The highest BCUT2D eigenvalue weighted by Gasteiger charge is 2.19. The van der Waals surface area contributed by atoms with E-state index in [0.29, 0.717) is 13.0 Å². The van der Waals surface area contributed by atoms with E-state index in [-0.39, 0.29) is 16.6 Å². The molecule has 0 saturated heterocycles. The van der Waals surface area contributed by atoms with E-state index in [1.807, 2.05) is 30.3 Å². The van der Waals surface area contributed by atoms with Crippen molar-refractivity contribution in [2.45, 2.75) is 38.9 Å². The molecule has 1 N–H and O–H groups in total. The minimum atomic E-state index is -0.278. The summed E-state index contributed by atoms with van der Waals surface area (Å²) in [5, 5.41) is 2.70. The second kappa shape index (κ2) is 6.83. The molecule has 0 fully saturated rings. The monoisotopic (exact) mass is 265 g/mol. The van der Waals surface area contributed by atoms with Crippen LogP contribution in [0.4, 0.5) is 0 Å². The molecule has 0 bridgehead atoms. The van der Waals surface area contributed by atoms with E-state index in [1.54, 1.807) is 0 Å². The molecule has 2 nitrogen and oxygen atoms in total. The molecule has 3 heteroatoms. The number of rotatable bonds is 6. The summed E-state index contributed by atoms with van der Waals surface area (Å²) in [6.45, 7) is 7.14. The van der Waals surface area contributed by atoms with Crippen molar-refractivity contribution in [3.8, 4) is 0 Å². The Morgan fingerprint density at radius 1 is 1.33 bits per heavy atom. The van der Waals surface area contributed by atoms with Gasteiger partial charge in [-0.1, -0.05) is 51.1 Å². The van der Waals surface area contributed by atoms with Crippen LogP contribution >= 0.6 is 12.6 Å². The molecule has 0 aliphatic rings. The minimum absolute atomic E-state index is 0.0173. The Balaban J connectivity index is 2.43. The van der Waals surface area contributed by atoms with Crippen LogP contribution in [0.2, 0.25) is 0 Å². The Hall–Kier alpha value is -0.960. The first kappa shape index (κ1) is 15.1. The van der Waals surface area contributed by atoms with E-state index in [4.69, 9.17) is 0 Å². The number of amides is 1. The van der Waals surface area contributed by atoms with Crippen molar-refractivity contribution in [1.82, 2.24) is 5.32 Å². The summed E-state index contributed by atoms with van der Waals surface area (Å²) < 4.78 is 0. The van der Waals surface area contributed by atoms with E-state index in [9.17, 15) is 4.79 Å². The van der Waals surface area contributed by atoms with Crippen LogP contribution in [0.5, 0.6) is 0 Å². The third-order valence-electron chi connectivity index (χ3n) is 3.27. The summed E-state index contributed by atoms with van der Waals surface area (Å²) in [6, 6.07) is 9.97. The van der Waals surface area contributed by atoms with Gasteiger partial charge in [0, 0.05) is 6.54 Å². The zero-order valence-electron chi connectivity index (χ0n) is 11.4. The van der Waals surface area contributed by atoms with E-state index in [2.05, 4.69) is 38.7 Å². The van der Waals surface area contributed by atoms with Gasteiger partial charge in [-0.25, -0.2) is 0 Å². The number of carbonyl (C=O) groups is 1. The van der Waals surface area contributed by atoms with Gasteiger partial charge in [0.15, 0.2) is 0 Å². The van der Waals surface area contributed by atoms with E-state index in [0.717, 1.165) is 12.0 Å². The van der Waals surface area contributed by atoms with Gasteiger partial charge in [0.25, 0.3) is 0 Å². The van der Waals surface area contributed by atoms with E-state index < -0.39 is 0 Å². The van der Waals surface area contributed by atoms with Gasteiger partial charge < -0.3 is 5.32 Å². The van der Waals surface area contributed by atoms with Crippen molar-refractivity contribution in [3.05, 3.63) is 35.9 Å². The molecule has 0 saturated carbocycles. The first-order chi connectivity index (χ1) is 8.44. The zero-order valence-corrected chi connectivity index (χ0v) is 12.3. The van der Waals surface area contributed by atoms with Gasteiger partial charge in [-0.2, -0.15) is 12.6 Å². The summed E-state index contributed by atoms with van der Waals surface area (Å²) in [4.78, 5) is 11.9. The molecule has 18 heavy (non-hydrogen) atoms. The SMILES string of the molecule is CCC(C)(C)CNC(=O)C(S)Cc1ccccc1. The molecule has 0 aromatic heterocycles. The Morgan fingerprint density at radius 2 is 1.94 bits per heavy atom. The van der Waals surface area contributed by atoms with Crippen molar-refractivity contribution in [1.29, 1.82) is 0 Å². The molecule has 1 amide bonds. The van der Waals surface area contributed by atoms with Gasteiger partial charge in [-0.3, -0.25) is 4.79 Å². The lowest BCUT2D eigenvalue weighted by molar-refractivity contribution is -0.121. The van der Waals surface area contributed by atoms with Crippen molar-refractivity contribution in [2.75, 3.05) is 6.54 Å². The molecule has 0 spiro atoms. The normalized spacial score (nSPS) is 13.1. The van der Waals surface area contributed by atoms with Crippen LogP contribution in [0.3, 0.4) is 0 Å². The fourth-order valence-electron chi connectivity index (χ4n) is 1.50. The fourth-order valence-corrected chi connectivity index (χ4v) is 1.80. The van der Waals surface area contributed by atoms with Gasteiger partial charge in [-0.15, -0.1) is 0 Å². The van der Waals surface area contributed by atoms with Crippen LogP contribution in [0.15, 0.2) is 30.3 Å². The molecule has 0 aliphatic heterocycles. The summed E-state index contributed by atoms with van der Waals surface area (Å²) >= 11 is 4.38. The molecule has 100 valence electrons. The van der Waals surface area contributed by atoms with E-state index in [1.165, 1.54) is 0 Å². The van der Waals surface area contributed by atoms with Crippen molar-refractivity contribution in [2.24, 2.45) is 5.41 Å². The Bertz CT molecular complexity index is 375. The number of carbonyl (C=O) groups excluding carboxylic acids is 1. The third kappa shape index (κ3) is 5.13. The highest BCUT2D eigenvalue weighted by atomic mass is 32.1. The predicted molar refractivity (Wildman–Crippen MR) is 80.0 cm³/mol. The summed E-state index contributed by atoms with van der Waals surface area (Å²) in [5.41, 5.74) is 1.29. The molecule has 0 radical (unpaired) electrons. The number of thiol groups is 1. The van der Waals surface area contributed by atoms with Gasteiger partial charge in [0.2, 0.25) is 5.91 Å². The maximum Gasteiger partial charge on any atom is 0.233 e. The predicted octanol–water partition coefficient (Wildman–Crippen LogP) is 3.08. The zero-order chi connectivity index (χ0) is 13.6. The van der Waals surface area contributed by atoms with Crippen LogP contribution in [-0.2, 0) is 11.2 Å².